The lowest BCUT2D eigenvalue weighted by atomic mass is 9.89. The van der Waals surface area contributed by atoms with Crippen molar-refractivity contribution >= 4 is 5.69 Å². The molecule has 3 heteroatoms. The van der Waals surface area contributed by atoms with E-state index in [0.717, 1.165) is 23.3 Å². The molecule has 21 heavy (non-hydrogen) atoms. The molecule has 2 atom stereocenters. The van der Waals surface area contributed by atoms with Crippen LogP contribution < -0.4 is 10.1 Å². The van der Waals surface area contributed by atoms with E-state index in [1.165, 1.54) is 32.1 Å². The molecular formula is C18H26N2O. The van der Waals surface area contributed by atoms with Gasteiger partial charge < -0.3 is 10.1 Å². The van der Waals surface area contributed by atoms with Crippen LogP contribution in [0.25, 0.3) is 0 Å². The van der Waals surface area contributed by atoms with Crippen LogP contribution in [-0.2, 0) is 0 Å². The molecule has 3 nitrogen and oxygen atoms in total. The first-order valence-corrected chi connectivity index (χ1v) is 7.99. The summed E-state index contributed by atoms with van der Waals surface area (Å²) in [6, 6.07) is 8.33. The average molecular weight is 286 g/mol. The Morgan fingerprint density at radius 2 is 2.05 bits per heavy atom. The van der Waals surface area contributed by atoms with Gasteiger partial charge in [-0.05, 0) is 43.2 Å². The van der Waals surface area contributed by atoms with Crippen molar-refractivity contribution in [3.05, 3.63) is 23.8 Å². The predicted octanol–water partition coefficient (Wildman–Crippen LogP) is 4.58. The number of anilines is 1. The van der Waals surface area contributed by atoms with Gasteiger partial charge in [-0.15, -0.1) is 0 Å². The molecule has 1 aromatic carbocycles. The fourth-order valence-electron chi connectivity index (χ4n) is 3.29. The van der Waals surface area contributed by atoms with E-state index in [4.69, 9.17) is 4.74 Å². The first-order chi connectivity index (χ1) is 10.2. The summed E-state index contributed by atoms with van der Waals surface area (Å²) in [4.78, 5) is 0. The third-order valence-corrected chi connectivity index (χ3v) is 4.67. The number of rotatable bonds is 4. The molecule has 1 aromatic rings. The molecule has 0 radical (unpaired) electrons. The standard InChI is InChI=1S/C18H26N2O/c1-13(2)14-6-4-8-16(11-10-14)20-18-15(12-19)7-5-9-17(18)21-3/h5,7,9,13-14,16,20H,4,6,8,10-11H2,1-3H3. The fourth-order valence-corrected chi connectivity index (χ4v) is 3.29. The van der Waals surface area contributed by atoms with E-state index in [2.05, 4.69) is 25.2 Å². The van der Waals surface area contributed by atoms with Gasteiger partial charge in [-0.2, -0.15) is 5.26 Å². The summed E-state index contributed by atoms with van der Waals surface area (Å²) in [6.45, 7) is 4.65. The normalized spacial score (nSPS) is 22.4. The number of methoxy groups -OCH3 is 1. The molecule has 0 aliphatic heterocycles. The zero-order chi connectivity index (χ0) is 15.2. The van der Waals surface area contributed by atoms with E-state index in [1.807, 2.05) is 18.2 Å². The number of hydrogen-bond donors (Lipinski definition) is 1. The molecule has 0 aromatic heterocycles. The number of nitrogens with one attached hydrogen (secondary N) is 1. The highest BCUT2D eigenvalue weighted by molar-refractivity contribution is 5.66. The molecule has 1 N–H and O–H groups in total. The quantitative estimate of drug-likeness (QED) is 0.824. The summed E-state index contributed by atoms with van der Waals surface area (Å²) in [5.74, 6) is 2.37. The second-order valence-electron chi connectivity index (χ2n) is 6.35. The van der Waals surface area contributed by atoms with Crippen molar-refractivity contribution in [3.63, 3.8) is 0 Å². The van der Waals surface area contributed by atoms with Crippen LogP contribution in [0, 0.1) is 23.2 Å². The topological polar surface area (TPSA) is 45.0 Å². The molecule has 1 saturated carbocycles. The molecule has 2 rings (SSSR count). The Labute approximate surface area is 128 Å². The summed E-state index contributed by atoms with van der Waals surface area (Å²) < 4.78 is 5.41. The van der Waals surface area contributed by atoms with Gasteiger partial charge in [0.15, 0.2) is 0 Å². The number of benzene rings is 1. The molecule has 0 heterocycles. The lowest BCUT2D eigenvalue weighted by molar-refractivity contribution is 0.341. The molecule has 2 unspecified atom stereocenters. The molecular weight excluding hydrogens is 260 g/mol. The van der Waals surface area contributed by atoms with E-state index in [-0.39, 0.29) is 0 Å². The largest absolute Gasteiger partial charge is 0.495 e. The lowest BCUT2D eigenvalue weighted by Crippen LogP contribution is -2.20. The van der Waals surface area contributed by atoms with Gasteiger partial charge in [0.1, 0.15) is 11.8 Å². The van der Waals surface area contributed by atoms with Crippen molar-refractivity contribution in [1.82, 2.24) is 0 Å². The van der Waals surface area contributed by atoms with Gasteiger partial charge in [0.2, 0.25) is 0 Å². The van der Waals surface area contributed by atoms with Crippen LogP contribution in [0.2, 0.25) is 0 Å². The van der Waals surface area contributed by atoms with Crippen molar-refractivity contribution in [2.24, 2.45) is 11.8 Å². The highest BCUT2D eigenvalue weighted by Crippen LogP contribution is 2.33. The highest BCUT2D eigenvalue weighted by Gasteiger charge is 2.22. The van der Waals surface area contributed by atoms with Crippen LogP contribution in [0.15, 0.2) is 18.2 Å². The van der Waals surface area contributed by atoms with E-state index in [0.29, 0.717) is 11.6 Å². The minimum atomic E-state index is 0.442. The van der Waals surface area contributed by atoms with E-state index in [9.17, 15) is 5.26 Å². The average Bonchev–Trinajstić information content (AvgIpc) is 2.73. The molecule has 0 saturated heterocycles. The van der Waals surface area contributed by atoms with Crippen molar-refractivity contribution < 1.29 is 4.74 Å². The molecule has 0 bridgehead atoms. The van der Waals surface area contributed by atoms with Crippen LogP contribution in [0.3, 0.4) is 0 Å². The Hall–Kier alpha value is -1.69. The van der Waals surface area contributed by atoms with Crippen LogP contribution in [0.5, 0.6) is 5.75 Å². The van der Waals surface area contributed by atoms with E-state index < -0.39 is 0 Å². The minimum absolute atomic E-state index is 0.442. The van der Waals surface area contributed by atoms with E-state index >= 15 is 0 Å². The van der Waals surface area contributed by atoms with Crippen molar-refractivity contribution in [2.75, 3.05) is 12.4 Å². The number of nitrogens with zero attached hydrogens (tertiary/aromatic N) is 1. The maximum absolute atomic E-state index is 9.29. The minimum Gasteiger partial charge on any atom is -0.495 e. The number of ether oxygens (including phenoxy) is 1. The number of para-hydroxylation sites is 1. The Bertz CT molecular complexity index is 504. The highest BCUT2D eigenvalue weighted by atomic mass is 16.5. The van der Waals surface area contributed by atoms with Crippen LogP contribution in [-0.4, -0.2) is 13.2 Å². The van der Waals surface area contributed by atoms with Gasteiger partial charge >= 0.3 is 0 Å². The molecule has 0 amide bonds. The second-order valence-corrected chi connectivity index (χ2v) is 6.35. The van der Waals surface area contributed by atoms with Gasteiger partial charge in [0.25, 0.3) is 0 Å². The molecule has 1 fully saturated rings. The first-order valence-electron chi connectivity index (χ1n) is 7.99. The lowest BCUT2D eigenvalue weighted by Gasteiger charge is -2.21. The predicted molar refractivity (Wildman–Crippen MR) is 86.5 cm³/mol. The summed E-state index contributed by atoms with van der Waals surface area (Å²) in [5.41, 5.74) is 1.52. The maximum Gasteiger partial charge on any atom is 0.143 e. The van der Waals surface area contributed by atoms with Gasteiger partial charge in [-0.1, -0.05) is 32.8 Å². The Balaban J connectivity index is 2.10. The number of nitriles is 1. The zero-order valence-electron chi connectivity index (χ0n) is 13.4. The van der Waals surface area contributed by atoms with Crippen molar-refractivity contribution in [2.45, 2.75) is 52.0 Å². The third-order valence-electron chi connectivity index (χ3n) is 4.67. The van der Waals surface area contributed by atoms with Crippen molar-refractivity contribution in [1.29, 1.82) is 5.26 Å². The molecule has 1 aliphatic carbocycles. The van der Waals surface area contributed by atoms with Crippen molar-refractivity contribution in [3.8, 4) is 11.8 Å². The zero-order valence-corrected chi connectivity index (χ0v) is 13.4. The van der Waals surface area contributed by atoms with E-state index in [1.54, 1.807) is 7.11 Å². The Morgan fingerprint density at radius 3 is 2.71 bits per heavy atom. The summed E-state index contributed by atoms with van der Waals surface area (Å²) >= 11 is 0. The fraction of sp³-hybridized carbons (Fsp3) is 0.611. The van der Waals surface area contributed by atoms with Crippen LogP contribution in [0.4, 0.5) is 5.69 Å². The number of hydrogen-bond acceptors (Lipinski definition) is 3. The summed E-state index contributed by atoms with van der Waals surface area (Å²) in [6.07, 6.45) is 6.20. The third kappa shape index (κ3) is 3.91. The monoisotopic (exact) mass is 286 g/mol. The maximum atomic E-state index is 9.29. The first kappa shape index (κ1) is 15.7. The van der Waals surface area contributed by atoms with Crippen LogP contribution in [0.1, 0.15) is 51.5 Å². The summed E-state index contributed by atoms with van der Waals surface area (Å²) in [7, 11) is 1.66. The van der Waals surface area contributed by atoms with Gasteiger partial charge in [0, 0.05) is 6.04 Å². The Kier molecular flexibility index (Phi) is 5.50. The summed E-state index contributed by atoms with van der Waals surface area (Å²) in [5, 5.41) is 12.9. The molecule has 114 valence electrons. The second kappa shape index (κ2) is 7.36. The molecule has 0 spiro atoms. The Morgan fingerprint density at radius 1 is 1.24 bits per heavy atom. The van der Waals surface area contributed by atoms with Crippen LogP contribution >= 0.6 is 0 Å². The van der Waals surface area contributed by atoms with Gasteiger partial charge in [-0.25, -0.2) is 0 Å². The smallest absolute Gasteiger partial charge is 0.143 e. The SMILES string of the molecule is COc1cccc(C#N)c1NC1CCCC(C(C)C)CC1. The molecule has 1 aliphatic rings. The van der Waals surface area contributed by atoms with Gasteiger partial charge in [0.05, 0.1) is 18.4 Å². The van der Waals surface area contributed by atoms with Gasteiger partial charge in [-0.3, -0.25) is 0 Å².